The number of hydrogen-bond acceptors (Lipinski definition) is 4. The summed E-state index contributed by atoms with van der Waals surface area (Å²) in [5.74, 6) is -1.07. The second-order valence-corrected chi connectivity index (χ2v) is 6.34. The molecule has 0 saturated carbocycles. The van der Waals surface area contributed by atoms with Crippen LogP contribution in [0.3, 0.4) is 0 Å². The van der Waals surface area contributed by atoms with Crippen molar-refractivity contribution in [3.63, 3.8) is 0 Å². The van der Waals surface area contributed by atoms with Crippen LogP contribution in [-0.4, -0.2) is 29.3 Å². The summed E-state index contributed by atoms with van der Waals surface area (Å²) in [4.78, 5) is 10.9. The molecular weight excluding hydrogens is 318 g/mol. The zero-order valence-electron chi connectivity index (χ0n) is 10.9. The lowest BCUT2D eigenvalue weighted by molar-refractivity contribution is 0.0696. The van der Waals surface area contributed by atoms with Crippen LogP contribution in [-0.2, 0) is 23.6 Å². The van der Waals surface area contributed by atoms with Crippen molar-refractivity contribution in [2.45, 2.75) is 11.6 Å². The van der Waals surface area contributed by atoms with E-state index in [0.717, 1.165) is 4.68 Å². The van der Waals surface area contributed by atoms with Crippen LogP contribution in [0.15, 0.2) is 35.5 Å². The molecule has 0 atom stereocenters. The first-order chi connectivity index (χ1) is 9.81. The van der Waals surface area contributed by atoms with E-state index >= 15 is 0 Å². The van der Waals surface area contributed by atoms with Gasteiger partial charge in [0, 0.05) is 13.6 Å². The van der Waals surface area contributed by atoms with Gasteiger partial charge in [-0.3, -0.25) is 4.68 Å². The molecule has 2 N–H and O–H groups in total. The van der Waals surface area contributed by atoms with Gasteiger partial charge in [0.2, 0.25) is 0 Å². The smallest absolute Gasteiger partial charge is 0.335 e. The fraction of sp³-hybridized carbons (Fsp3) is 0.167. The van der Waals surface area contributed by atoms with Gasteiger partial charge in [-0.25, -0.2) is 17.9 Å². The number of nitrogens with zero attached hydrogens (tertiary/aromatic N) is 2. The quantitative estimate of drug-likeness (QED) is 0.859. The van der Waals surface area contributed by atoms with Gasteiger partial charge in [0.25, 0.3) is 10.0 Å². The Morgan fingerprint density at radius 3 is 2.76 bits per heavy atom. The molecule has 21 heavy (non-hydrogen) atoms. The average molecular weight is 330 g/mol. The maximum atomic E-state index is 12.2. The standard InChI is InChI=1S/C12H12ClN3O4S/c1-16-11(10(13)7-14-16)21(19,20)15-6-8-3-2-4-9(5-8)12(17)18/h2-5,7,15H,6H2,1H3,(H,17,18). The first kappa shape index (κ1) is 15.5. The third-order valence-corrected chi connectivity index (χ3v) is 4.64. The van der Waals surface area contributed by atoms with Gasteiger partial charge < -0.3 is 5.11 Å². The van der Waals surface area contributed by atoms with Crippen LogP contribution in [0, 0.1) is 0 Å². The molecule has 2 aromatic rings. The summed E-state index contributed by atoms with van der Waals surface area (Å²) in [6.45, 7) is -0.0506. The predicted octanol–water partition coefficient (Wildman–Crippen LogP) is 1.25. The summed E-state index contributed by atoms with van der Waals surface area (Å²) in [6.07, 6.45) is 1.24. The first-order valence-electron chi connectivity index (χ1n) is 5.80. The van der Waals surface area contributed by atoms with Crippen LogP contribution in [0.2, 0.25) is 5.02 Å². The topological polar surface area (TPSA) is 101 Å². The highest BCUT2D eigenvalue weighted by Gasteiger charge is 2.22. The number of sulfonamides is 1. The third-order valence-electron chi connectivity index (χ3n) is 2.74. The van der Waals surface area contributed by atoms with E-state index in [2.05, 4.69) is 9.82 Å². The monoisotopic (exact) mass is 329 g/mol. The molecule has 2 rings (SSSR count). The van der Waals surface area contributed by atoms with Gasteiger partial charge in [0.1, 0.15) is 0 Å². The second-order valence-electron chi connectivity index (χ2n) is 4.25. The molecule has 112 valence electrons. The minimum atomic E-state index is -3.84. The lowest BCUT2D eigenvalue weighted by atomic mass is 10.1. The molecule has 0 bridgehead atoms. The second kappa shape index (κ2) is 5.84. The van der Waals surface area contributed by atoms with E-state index < -0.39 is 16.0 Å². The molecule has 0 amide bonds. The normalized spacial score (nSPS) is 11.5. The van der Waals surface area contributed by atoms with E-state index in [1.807, 2.05) is 0 Å². The largest absolute Gasteiger partial charge is 0.478 e. The highest BCUT2D eigenvalue weighted by atomic mass is 35.5. The van der Waals surface area contributed by atoms with Crippen LogP contribution >= 0.6 is 11.6 Å². The number of halogens is 1. The Hall–Kier alpha value is -1.90. The van der Waals surface area contributed by atoms with Gasteiger partial charge in [-0.05, 0) is 17.7 Å². The van der Waals surface area contributed by atoms with Crippen molar-refractivity contribution in [2.75, 3.05) is 0 Å². The maximum Gasteiger partial charge on any atom is 0.335 e. The summed E-state index contributed by atoms with van der Waals surface area (Å²) in [6, 6.07) is 6.00. The number of aromatic carboxylic acids is 1. The van der Waals surface area contributed by atoms with Crippen molar-refractivity contribution in [3.05, 3.63) is 46.6 Å². The fourth-order valence-corrected chi connectivity index (χ4v) is 3.43. The number of carbonyl (C=O) groups is 1. The predicted molar refractivity (Wildman–Crippen MR) is 75.6 cm³/mol. The fourth-order valence-electron chi connectivity index (χ4n) is 1.76. The van der Waals surface area contributed by atoms with Crippen LogP contribution in [0.4, 0.5) is 0 Å². The number of aryl methyl sites for hydroxylation is 1. The Kier molecular flexibility index (Phi) is 4.31. The highest BCUT2D eigenvalue weighted by Crippen LogP contribution is 2.19. The molecule has 0 aliphatic rings. The van der Waals surface area contributed by atoms with E-state index in [9.17, 15) is 13.2 Å². The Balaban J connectivity index is 2.20. The number of benzene rings is 1. The molecule has 9 heteroatoms. The summed E-state index contributed by atoms with van der Waals surface area (Å²) in [7, 11) is -2.37. The SMILES string of the molecule is Cn1ncc(Cl)c1S(=O)(=O)NCc1cccc(C(=O)O)c1. The number of carboxylic acids is 1. The first-order valence-corrected chi connectivity index (χ1v) is 7.67. The van der Waals surface area contributed by atoms with E-state index in [1.54, 1.807) is 12.1 Å². The Morgan fingerprint density at radius 1 is 1.48 bits per heavy atom. The van der Waals surface area contributed by atoms with E-state index in [4.69, 9.17) is 16.7 Å². The van der Waals surface area contributed by atoms with Crippen molar-refractivity contribution >= 4 is 27.6 Å². The van der Waals surface area contributed by atoms with Crippen molar-refractivity contribution in [1.82, 2.24) is 14.5 Å². The number of rotatable bonds is 5. The van der Waals surface area contributed by atoms with Gasteiger partial charge in [0.15, 0.2) is 5.03 Å². The Labute approximate surface area is 126 Å². The molecule has 0 spiro atoms. The van der Waals surface area contributed by atoms with E-state index in [0.29, 0.717) is 5.56 Å². The van der Waals surface area contributed by atoms with Crippen LogP contribution in [0.5, 0.6) is 0 Å². The molecular formula is C12H12ClN3O4S. The van der Waals surface area contributed by atoms with Crippen LogP contribution in [0.25, 0.3) is 0 Å². The van der Waals surface area contributed by atoms with Gasteiger partial charge in [0.05, 0.1) is 16.8 Å². The average Bonchev–Trinajstić information content (AvgIpc) is 2.77. The number of hydrogen-bond donors (Lipinski definition) is 2. The zero-order chi connectivity index (χ0) is 15.6. The summed E-state index contributed by atoms with van der Waals surface area (Å²) < 4.78 is 27.8. The van der Waals surface area contributed by atoms with Crippen molar-refractivity contribution < 1.29 is 18.3 Å². The number of carboxylic acid groups (broad SMARTS) is 1. The maximum absolute atomic E-state index is 12.2. The minimum Gasteiger partial charge on any atom is -0.478 e. The van der Waals surface area contributed by atoms with Crippen molar-refractivity contribution in [3.8, 4) is 0 Å². The van der Waals surface area contributed by atoms with E-state index in [-0.39, 0.29) is 22.2 Å². The molecule has 1 heterocycles. The molecule has 7 nitrogen and oxygen atoms in total. The van der Waals surface area contributed by atoms with Crippen molar-refractivity contribution in [2.24, 2.45) is 7.05 Å². The number of aromatic nitrogens is 2. The Morgan fingerprint density at radius 2 is 2.19 bits per heavy atom. The van der Waals surface area contributed by atoms with Gasteiger partial charge >= 0.3 is 5.97 Å². The van der Waals surface area contributed by atoms with Crippen LogP contribution < -0.4 is 4.72 Å². The molecule has 0 unspecified atom stereocenters. The third kappa shape index (κ3) is 3.41. The highest BCUT2D eigenvalue weighted by molar-refractivity contribution is 7.89. The van der Waals surface area contributed by atoms with Gasteiger partial charge in [-0.2, -0.15) is 5.10 Å². The van der Waals surface area contributed by atoms with Crippen molar-refractivity contribution in [1.29, 1.82) is 0 Å². The molecule has 1 aromatic carbocycles. The molecule has 0 fully saturated rings. The van der Waals surface area contributed by atoms with E-state index in [1.165, 1.54) is 25.4 Å². The lowest BCUT2D eigenvalue weighted by Crippen LogP contribution is -2.25. The molecule has 0 aliphatic heterocycles. The molecule has 0 saturated heterocycles. The molecule has 1 aromatic heterocycles. The number of nitrogens with one attached hydrogen (secondary N) is 1. The summed E-state index contributed by atoms with van der Waals surface area (Å²) in [5.41, 5.74) is 0.613. The minimum absolute atomic E-state index is 0.0179. The summed E-state index contributed by atoms with van der Waals surface area (Å²) in [5, 5.41) is 12.5. The van der Waals surface area contributed by atoms with Gasteiger partial charge in [-0.15, -0.1) is 0 Å². The zero-order valence-corrected chi connectivity index (χ0v) is 12.5. The van der Waals surface area contributed by atoms with Crippen LogP contribution in [0.1, 0.15) is 15.9 Å². The molecule has 0 radical (unpaired) electrons. The lowest BCUT2D eigenvalue weighted by Gasteiger charge is -2.08. The van der Waals surface area contributed by atoms with Gasteiger partial charge in [-0.1, -0.05) is 23.7 Å². The Bertz CT molecular complexity index is 766. The summed E-state index contributed by atoms with van der Waals surface area (Å²) >= 11 is 5.80. The molecule has 0 aliphatic carbocycles.